The molecule has 3 saturated heterocycles. The van der Waals surface area contributed by atoms with Gasteiger partial charge in [-0.1, -0.05) is 103 Å². The molecule has 31 heteroatoms. The first-order valence-electron chi connectivity index (χ1n) is 36.8. The number of ether oxygens (including phenoxy) is 3. The van der Waals surface area contributed by atoms with Crippen LogP contribution < -0.4 is 51.3 Å². The van der Waals surface area contributed by atoms with Crippen LogP contribution in [0.15, 0.2) is 183 Å². The number of thiophene rings is 3. The van der Waals surface area contributed by atoms with Crippen LogP contribution in [0.25, 0.3) is 30.6 Å². The molecule has 3 atom stereocenters. The molecule has 28 nitrogen and oxygen atoms in total. The number of hydrogen-bond donors (Lipinski definition) is 7. The number of nitrogens with zero attached hydrogens (tertiary/aromatic N) is 12. The molecule has 18 rings (SSSR count). The summed E-state index contributed by atoms with van der Waals surface area (Å²) in [6.45, 7) is 13.5. The van der Waals surface area contributed by atoms with Crippen molar-refractivity contribution in [3.8, 4) is 11.5 Å². The number of rotatable bonds is 18. The van der Waals surface area contributed by atoms with Crippen molar-refractivity contribution < 1.29 is 48.1 Å². The minimum atomic E-state index is -0.646. The van der Waals surface area contributed by atoms with Gasteiger partial charge in [0.25, 0.3) is 17.7 Å². The van der Waals surface area contributed by atoms with Gasteiger partial charge in [0.2, 0.25) is 0 Å². The van der Waals surface area contributed by atoms with Gasteiger partial charge in [-0.3, -0.25) is 34.0 Å². The van der Waals surface area contributed by atoms with Crippen LogP contribution in [0.4, 0.5) is 66.0 Å². The largest absolute Gasteiger partial charge is 0.457 e. The zero-order valence-electron chi connectivity index (χ0n) is 61.2. The lowest BCUT2D eigenvalue weighted by atomic mass is 10.0. The maximum atomic E-state index is 13.4. The zero-order valence-corrected chi connectivity index (χ0v) is 63.7. The van der Waals surface area contributed by atoms with Gasteiger partial charge in [-0.25, -0.2) is 49.2 Å². The minimum Gasteiger partial charge on any atom is -0.457 e. The molecule has 6 aliphatic rings. The van der Waals surface area contributed by atoms with E-state index in [9.17, 15) is 33.9 Å². The van der Waals surface area contributed by atoms with E-state index in [0.29, 0.717) is 123 Å². The van der Waals surface area contributed by atoms with Crippen molar-refractivity contribution in [2.75, 3.05) is 121 Å². The Bertz CT molecular complexity index is 5450. The van der Waals surface area contributed by atoms with Gasteiger partial charge in [0.1, 0.15) is 59.6 Å². The van der Waals surface area contributed by atoms with Crippen molar-refractivity contribution in [1.29, 1.82) is 0 Å². The number of piperidine rings is 1. The van der Waals surface area contributed by atoms with E-state index in [0.717, 1.165) is 93.9 Å². The van der Waals surface area contributed by atoms with Gasteiger partial charge in [0, 0.05) is 56.7 Å². The lowest BCUT2D eigenvalue weighted by molar-refractivity contribution is 0.0143. The van der Waals surface area contributed by atoms with Crippen molar-refractivity contribution in [3.63, 3.8) is 0 Å². The van der Waals surface area contributed by atoms with Crippen molar-refractivity contribution in [1.82, 2.24) is 49.9 Å². The van der Waals surface area contributed by atoms with Crippen molar-refractivity contribution in [3.05, 3.63) is 220 Å². The quantitative estimate of drug-likeness (QED) is 0.0420. The Labute approximate surface area is 655 Å². The Morgan fingerprint density at radius 3 is 1.43 bits per heavy atom. The number of carbonyl (C=O) groups is 6. The number of amides is 9. The van der Waals surface area contributed by atoms with Crippen molar-refractivity contribution in [2.45, 2.75) is 57.5 Å². The molecule has 0 aliphatic carbocycles. The molecule has 9 amide bonds. The molecular weight excluding hydrogens is 1480 g/mol. The molecule has 6 aromatic heterocycles. The van der Waals surface area contributed by atoms with Gasteiger partial charge >= 0.3 is 18.1 Å². The summed E-state index contributed by atoms with van der Waals surface area (Å²) in [4.78, 5) is 121. The molecule has 0 radical (unpaired) electrons. The van der Waals surface area contributed by atoms with E-state index >= 15 is 0 Å². The SMILES string of the molecule is C[C@H](c1ccccc1)N1C(=O)Nc2c(C(=O)NC3CCN(C)CC3)sc3ncnc1c23.C[C@H](c1ccccc1)N1C(=O)Nc2c(C(=O)Nc3ccc(CN4CCOCC4)cc3)sc3ncnc1c23.O=C(Nc1ccc(C(O)CN2CCOCC2)cc1)c1sc2ncnc3c2c1NC(=O)N3c1ccc(Oc2ccccc2)cc1. The smallest absolute Gasteiger partial charge is 0.332 e. The van der Waals surface area contributed by atoms with E-state index in [-0.39, 0.29) is 47.9 Å². The van der Waals surface area contributed by atoms with Gasteiger partial charge in [-0.05, 0) is 130 Å². The summed E-state index contributed by atoms with van der Waals surface area (Å²) in [7, 11) is 2.09. The molecule has 6 aliphatic heterocycles. The molecule has 0 spiro atoms. The fraction of sp³-hybridized carbons (Fsp3) is 0.259. The minimum absolute atomic E-state index is 0.139. The average Bonchev–Trinajstić information content (AvgIpc) is 1.61. The summed E-state index contributed by atoms with van der Waals surface area (Å²) < 4.78 is 16.7. The first-order valence-corrected chi connectivity index (χ1v) is 39.3. The van der Waals surface area contributed by atoms with Crippen LogP contribution in [0.5, 0.6) is 11.5 Å². The molecule has 0 saturated carbocycles. The van der Waals surface area contributed by atoms with Crippen LogP contribution in [0, 0.1) is 0 Å². The number of β-amino-alcohol motifs (C(OH)–C–C–N with tert-alkyl or cyclic N) is 1. The summed E-state index contributed by atoms with van der Waals surface area (Å²) >= 11 is 3.72. The summed E-state index contributed by atoms with van der Waals surface area (Å²) in [5, 5.41) is 30.5. The number of nitrogens with one attached hydrogen (secondary N) is 6. The van der Waals surface area contributed by atoms with Crippen molar-refractivity contribution in [2.24, 2.45) is 0 Å². The Hall–Kier alpha value is -11.8. The average molecular weight is 1560 g/mol. The second-order valence-electron chi connectivity index (χ2n) is 27.6. The topological polar surface area (TPSA) is 319 Å². The summed E-state index contributed by atoms with van der Waals surface area (Å²) in [5.41, 5.74) is 7.11. The molecular formula is C81H78N18O10S3. The van der Waals surface area contributed by atoms with Gasteiger partial charge in [-0.2, -0.15) is 0 Å². The monoisotopic (exact) mass is 1560 g/mol. The van der Waals surface area contributed by atoms with Gasteiger partial charge in [-0.15, -0.1) is 34.0 Å². The molecule has 6 aromatic carbocycles. The predicted molar refractivity (Wildman–Crippen MR) is 434 cm³/mol. The van der Waals surface area contributed by atoms with Crippen LogP contribution in [-0.2, 0) is 16.0 Å². The molecule has 0 bridgehead atoms. The maximum Gasteiger partial charge on any atom is 0.332 e. The molecule has 112 heavy (non-hydrogen) atoms. The molecule has 1 unspecified atom stereocenters. The molecule has 570 valence electrons. The van der Waals surface area contributed by atoms with E-state index < -0.39 is 12.1 Å². The number of likely N-dealkylation sites (tertiary alicyclic amines) is 1. The number of hydrogen-bond acceptors (Lipinski definition) is 22. The lowest BCUT2D eigenvalue weighted by Crippen LogP contribution is -2.44. The molecule has 3 fully saturated rings. The standard InChI is InChI=1S/C32H28N6O5S.C27H26N6O3S.C22H24N6O2S/c39-25(18-37-14-16-42-17-15-37)20-6-8-21(9-7-20)35-30(40)28-27-26-29(33-19-34-31(26)44-28)38(32(41)36-27)22-10-12-24(13-11-22)43-23-4-2-1-3-5-23;1-17(19-5-3-2-4-6-19)33-24-21-22(31-27(33)35)23(37-26(21)29-16-28-24)25(34)30-20-9-7-18(8-10-20)15-32-11-13-36-14-12-32;1-13(14-6-4-3-5-7-14)28-19-16-17(26-22(28)30)18(31-21(16)24-12-23-19)20(29)25-15-8-10-27(2)11-9-15/h1-13,19,25,39H,14-18H2,(H,35,40)(H,36,41);2-10,16-17H,11-15H2,1H3,(H,30,34)(H,31,35);3-7,12-13,15H,8-11H2,1-2H3,(H,25,29)(H,26,30)/t;17-;13-/m.11/s1. The third-order valence-corrected chi connectivity index (χ3v) is 23.6. The predicted octanol–water partition coefficient (Wildman–Crippen LogP) is 14.3. The summed E-state index contributed by atoms with van der Waals surface area (Å²) in [6, 6.07) is 49.7. The molecule has 7 N–H and O–H groups in total. The number of para-hydroxylation sites is 1. The Balaban J connectivity index is 0.000000129. The third kappa shape index (κ3) is 15.8. The first-order chi connectivity index (χ1) is 54.6. The van der Waals surface area contributed by atoms with Crippen LogP contribution in [0.3, 0.4) is 0 Å². The lowest BCUT2D eigenvalue weighted by Gasteiger charge is -2.32. The Kier molecular flexibility index (Phi) is 21.9. The highest BCUT2D eigenvalue weighted by Gasteiger charge is 2.39. The number of benzene rings is 6. The van der Waals surface area contributed by atoms with E-state index in [1.807, 2.05) is 129 Å². The van der Waals surface area contributed by atoms with E-state index in [1.165, 1.54) is 63.5 Å². The van der Waals surface area contributed by atoms with E-state index in [4.69, 9.17) is 14.2 Å². The number of aliphatic hydroxyl groups is 1. The second-order valence-corrected chi connectivity index (χ2v) is 30.6. The fourth-order valence-corrected chi connectivity index (χ4v) is 17.3. The number of aromatic nitrogens is 6. The normalized spacial score (nSPS) is 16.6. The molecule has 12 heterocycles. The first kappa shape index (κ1) is 74.3. The number of carbonyl (C=O) groups excluding carboxylic acids is 6. The Morgan fingerprint density at radius 1 is 0.500 bits per heavy atom. The van der Waals surface area contributed by atoms with Crippen LogP contribution in [-0.4, -0.2) is 171 Å². The number of aliphatic hydroxyl groups excluding tert-OH is 1. The Morgan fingerprint density at radius 2 is 0.929 bits per heavy atom. The number of morpholine rings is 2. The second kappa shape index (κ2) is 33.0. The highest BCUT2D eigenvalue weighted by Crippen LogP contribution is 2.49. The van der Waals surface area contributed by atoms with Gasteiger partial charge < -0.3 is 56.1 Å². The van der Waals surface area contributed by atoms with Crippen LogP contribution in [0.1, 0.15) is 96.1 Å². The fourth-order valence-electron chi connectivity index (χ4n) is 14.3. The highest BCUT2D eigenvalue weighted by molar-refractivity contribution is 7.22. The molecule has 12 aromatic rings. The van der Waals surface area contributed by atoms with Gasteiger partial charge in [0.05, 0.1) is 83.5 Å². The van der Waals surface area contributed by atoms with Crippen LogP contribution >= 0.6 is 34.0 Å². The number of anilines is 9. The third-order valence-electron chi connectivity index (χ3n) is 20.3. The maximum absolute atomic E-state index is 13.4. The van der Waals surface area contributed by atoms with E-state index in [1.54, 1.807) is 58.3 Å². The highest BCUT2D eigenvalue weighted by atomic mass is 32.1. The van der Waals surface area contributed by atoms with E-state index in [2.05, 4.69) is 83.6 Å². The van der Waals surface area contributed by atoms with Crippen molar-refractivity contribution >= 4 is 152 Å². The number of urea groups is 3. The van der Waals surface area contributed by atoms with Gasteiger partial charge in [0.15, 0.2) is 17.5 Å². The van der Waals surface area contributed by atoms with Crippen LogP contribution in [0.2, 0.25) is 0 Å². The summed E-state index contributed by atoms with van der Waals surface area (Å²) in [6.07, 6.45) is 5.48. The summed E-state index contributed by atoms with van der Waals surface area (Å²) in [5.74, 6) is 1.92. The zero-order chi connectivity index (χ0) is 76.9.